The molecule has 6 heteroatoms. The van der Waals surface area contributed by atoms with Crippen molar-refractivity contribution in [2.24, 2.45) is 11.1 Å². The first-order valence-corrected chi connectivity index (χ1v) is 6.78. The predicted octanol–water partition coefficient (Wildman–Crippen LogP) is 0.475. The van der Waals surface area contributed by atoms with Crippen LogP contribution >= 0.6 is 12.2 Å². The van der Waals surface area contributed by atoms with Crippen molar-refractivity contribution in [2.75, 3.05) is 13.1 Å². The van der Waals surface area contributed by atoms with E-state index in [2.05, 4.69) is 10.6 Å². The fourth-order valence-corrected chi connectivity index (χ4v) is 2.22. The molecule has 0 bridgehead atoms. The molecule has 0 aromatic heterocycles. The number of rotatable bonds is 7. The maximum atomic E-state index is 12.0. The Balaban J connectivity index is 2.29. The first kappa shape index (κ1) is 14.9. The number of nitrogens with one attached hydrogen (secondary N) is 2. The van der Waals surface area contributed by atoms with Gasteiger partial charge in [0.05, 0.1) is 10.4 Å². The number of amides is 2. The second-order valence-electron chi connectivity index (χ2n) is 4.66. The van der Waals surface area contributed by atoms with Gasteiger partial charge in [-0.2, -0.15) is 0 Å². The topological polar surface area (TPSA) is 84.2 Å². The molecule has 0 atom stereocenters. The Morgan fingerprint density at radius 3 is 2.39 bits per heavy atom. The quantitative estimate of drug-likeness (QED) is 0.588. The van der Waals surface area contributed by atoms with Crippen molar-refractivity contribution in [2.45, 2.75) is 39.0 Å². The van der Waals surface area contributed by atoms with Gasteiger partial charge in [-0.3, -0.25) is 9.59 Å². The highest BCUT2D eigenvalue weighted by Gasteiger charge is 2.46. The average molecular weight is 271 g/mol. The number of hydrogen-bond donors (Lipinski definition) is 3. The van der Waals surface area contributed by atoms with E-state index in [0.717, 1.165) is 25.7 Å². The van der Waals surface area contributed by atoms with Crippen molar-refractivity contribution >= 4 is 29.0 Å². The first-order valence-electron chi connectivity index (χ1n) is 6.38. The van der Waals surface area contributed by atoms with Gasteiger partial charge in [0.1, 0.15) is 0 Å². The lowest BCUT2D eigenvalue weighted by molar-refractivity contribution is -0.130. The van der Waals surface area contributed by atoms with E-state index in [9.17, 15) is 9.59 Å². The molecule has 0 aromatic rings. The Morgan fingerprint density at radius 2 is 1.94 bits per heavy atom. The van der Waals surface area contributed by atoms with Gasteiger partial charge < -0.3 is 16.4 Å². The Kier molecular flexibility index (Phi) is 5.53. The van der Waals surface area contributed by atoms with Gasteiger partial charge in [0, 0.05) is 19.5 Å². The normalized spacial score (nSPS) is 16.5. The second-order valence-corrected chi connectivity index (χ2v) is 5.10. The lowest BCUT2D eigenvalue weighted by Gasteiger charge is -2.39. The summed E-state index contributed by atoms with van der Waals surface area (Å²) in [6, 6.07) is 0. The summed E-state index contributed by atoms with van der Waals surface area (Å²) in [5, 5.41) is 5.50. The van der Waals surface area contributed by atoms with Crippen molar-refractivity contribution < 1.29 is 9.59 Å². The molecule has 0 radical (unpaired) electrons. The van der Waals surface area contributed by atoms with Crippen LogP contribution in [0.4, 0.5) is 0 Å². The molecule has 2 amide bonds. The number of hydrogen-bond acceptors (Lipinski definition) is 3. The maximum absolute atomic E-state index is 12.0. The highest BCUT2D eigenvalue weighted by atomic mass is 32.1. The lowest BCUT2D eigenvalue weighted by Crippen LogP contribution is -2.53. The smallest absolute Gasteiger partial charge is 0.233 e. The summed E-state index contributed by atoms with van der Waals surface area (Å²) in [6.45, 7) is 2.99. The van der Waals surface area contributed by atoms with Gasteiger partial charge in [-0.15, -0.1) is 0 Å². The molecule has 1 fully saturated rings. The fourth-order valence-electron chi connectivity index (χ4n) is 1.93. The third-order valence-electron chi connectivity index (χ3n) is 3.32. The summed E-state index contributed by atoms with van der Waals surface area (Å²) in [7, 11) is 0. The molecule has 0 aliphatic heterocycles. The predicted molar refractivity (Wildman–Crippen MR) is 74.0 cm³/mol. The molecule has 5 nitrogen and oxygen atoms in total. The van der Waals surface area contributed by atoms with Crippen molar-refractivity contribution in [3.63, 3.8) is 0 Å². The minimum Gasteiger partial charge on any atom is -0.392 e. The van der Waals surface area contributed by atoms with Crippen LogP contribution in [0.25, 0.3) is 0 Å². The molecule has 1 saturated carbocycles. The van der Waals surface area contributed by atoms with Gasteiger partial charge in [-0.1, -0.05) is 25.6 Å². The zero-order chi connectivity index (χ0) is 13.6. The lowest BCUT2D eigenvalue weighted by atomic mass is 9.68. The largest absolute Gasteiger partial charge is 0.392 e. The van der Waals surface area contributed by atoms with Crippen LogP contribution in [0.1, 0.15) is 39.0 Å². The van der Waals surface area contributed by atoms with Crippen LogP contribution in [-0.2, 0) is 9.59 Å². The first-order chi connectivity index (χ1) is 8.53. The highest BCUT2D eigenvalue weighted by Crippen LogP contribution is 2.41. The van der Waals surface area contributed by atoms with E-state index in [-0.39, 0.29) is 16.8 Å². The summed E-state index contributed by atoms with van der Waals surface area (Å²) in [5.74, 6) is -0.181. The van der Waals surface area contributed by atoms with Gasteiger partial charge in [-0.05, 0) is 19.3 Å². The van der Waals surface area contributed by atoms with Crippen LogP contribution in [-0.4, -0.2) is 29.9 Å². The minimum atomic E-state index is -0.658. The standard InChI is InChI=1S/C12H21N3O2S/c1-2-7-14-9(16)4-8-15-11(17)12(10(13)18)5-3-6-12/h2-8H2,1H3,(H2,13,18)(H,14,16)(H,15,17). The van der Waals surface area contributed by atoms with Crippen LogP contribution in [0, 0.1) is 5.41 Å². The van der Waals surface area contributed by atoms with Crippen LogP contribution in [0.3, 0.4) is 0 Å². The minimum absolute atomic E-state index is 0.0462. The molecular formula is C12H21N3O2S. The van der Waals surface area contributed by atoms with E-state index in [1.165, 1.54) is 0 Å². The number of carbonyl (C=O) groups is 2. The molecule has 4 N–H and O–H groups in total. The summed E-state index contributed by atoms with van der Waals surface area (Å²) in [6.07, 6.45) is 3.61. The van der Waals surface area contributed by atoms with Crippen LogP contribution < -0.4 is 16.4 Å². The van der Waals surface area contributed by atoms with Crippen molar-refractivity contribution in [1.29, 1.82) is 0 Å². The van der Waals surface area contributed by atoms with Crippen LogP contribution in [0.5, 0.6) is 0 Å². The molecular weight excluding hydrogens is 250 g/mol. The highest BCUT2D eigenvalue weighted by molar-refractivity contribution is 7.80. The summed E-state index contributed by atoms with van der Waals surface area (Å²) in [4.78, 5) is 23.6. The van der Waals surface area contributed by atoms with E-state index < -0.39 is 5.41 Å². The van der Waals surface area contributed by atoms with Gasteiger partial charge in [0.25, 0.3) is 0 Å². The van der Waals surface area contributed by atoms with E-state index in [0.29, 0.717) is 19.5 Å². The molecule has 0 spiro atoms. The Labute approximate surface area is 113 Å². The summed E-state index contributed by atoms with van der Waals surface area (Å²) < 4.78 is 0. The number of carbonyl (C=O) groups excluding carboxylic acids is 2. The molecule has 1 aliphatic rings. The second kappa shape index (κ2) is 6.68. The molecule has 0 aromatic carbocycles. The van der Waals surface area contributed by atoms with E-state index in [1.807, 2.05) is 6.92 Å². The van der Waals surface area contributed by atoms with E-state index >= 15 is 0 Å². The van der Waals surface area contributed by atoms with Crippen LogP contribution in [0.15, 0.2) is 0 Å². The van der Waals surface area contributed by atoms with Crippen molar-refractivity contribution in [3.05, 3.63) is 0 Å². The molecule has 1 aliphatic carbocycles. The Bertz CT molecular complexity index is 340. The SMILES string of the molecule is CCCNC(=O)CCNC(=O)C1(C(N)=S)CCC1. The third kappa shape index (κ3) is 3.41. The van der Waals surface area contributed by atoms with Crippen molar-refractivity contribution in [1.82, 2.24) is 10.6 Å². The van der Waals surface area contributed by atoms with Gasteiger partial charge in [0.2, 0.25) is 11.8 Å². The molecule has 0 saturated heterocycles. The van der Waals surface area contributed by atoms with Crippen LogP contribution in [0.2, 0.25) is 0 Å². The molecule has 18 heavy (non-hydrogen) atoms. The van der Waals surface area contributed by atoms with E-state index in [1.54, 1.807) is 0 Å². The number of thiocarbonyl (C=S) groups is 1. The Morgan fingerprint density at radius 1 is 1.28 bits per heavy atom. The molecule has 0 unspecified atom stereocenters. The molecule has 1 rings (SSSR count). The maximum Gasteiger partial charge on any atom is 0.233 e. The monoisotopic (exact) mass is 271 g/mol. The number of nitrogens with two attached hydrogens (primary N) is 1. The summed E-state index contributed by atoms with van der Waals surface area (Å²) in [5.41, 5.74) is 4.96. The van der Waals surface area contributed by atoms with Crippen molar-refractivity contribution in [3.8, 4) is 0 Å². The third-order valence-corrected chi connectivity index (χ3v) is 3.71. The molecule has 102 valence electrons. The van der Waals surface area contributed by atoms with Gasteiger partial charge >= 0.3 is 0 Å². The van der Waals surface area contributed by atoms with E-state index in [4.69, 9.17) is 18.0 Å². The average Bonchev–Trinajstić information content (AvgIpc) is 2.24. The summed E-state index contributed by atoms with van der Waals surface area (Å²) >= 11 is 4.95. The zero-order valence-corrected chi connectivity index (χ0v) is 11.6. The fraction of sp³-hybridized carbons (Fsp3) is 0.750. The van der Waals surface area contributed by atoms with Gasteiger partial charge in [-0.25, -0.2) is 0 Å². The Hall–Kier alpha value is -1.17. The van der Waals surface area contributed by atoms with Gasteiger partial charge in [0.15, 0.2) is 0 Å². The molecule has 0 heterocycles. The zero-order valence-electron chi connectivity index (χ0n) is 10.8.